The lowest BCUT2D eigenvalue weighted by atomic mass is 10.0. The summed E-state index contributed by atoms with van der Waals surface area (Å²) < 4.78 is 5.76. The highest BCUT2D eigenvalue weighted by Gasteiger charge is 2.24. The van der Waals surface area contributed by atoms with Crippen LogP contribution in [0.1, 0.15) is 66.9 Å². The number of nitrogens with one attached hydrogen (secondary N) is 4. The van der Waals surface area contributed by atoms with Gasteiger partial charge < -0.3 is 40.4 Å². The van der Waals surface area contributed by atoms with Crippen molar-refractivity contribution >= 4 is 40.2 Å². The monoisotopic (exact) mass is 816 g/mol. The molecule has 13 heteroatoms. The van der Waals surface area contributed by atoms with Crippen LogP contribution in [0.15, 0.2) is 95.8 Å². The molecule has 1 atom stereocenters. The number of piperidine rings is 1. The lowest BCUT2D eigenvalue weighted by Gasteiger charge is -2.31. The van der Waals surface area contributed by atoms with Crippen LogP contribution in [-0.4, -0.2) is 88.8 Å². The number of carbonyl (C=O) groups is 3. The topological polar surface area (TPSA) is 176 Å². The fourth-order valence-corrected chi connectivity index (χ4v) is 7.62. The number of para-hydroxylation sites is 1. The fraction of sp³-hybridized carbons (Fsp3) is 0.362. The van der Waals surface area contributed by atoms with Gasteiger partial charge in [-0.15, -0.1) is 0 Å². The number of carbonyl (C=O) groups excluding carboxylic acids is 3. The molecule has 4 aromatic carbocycles. The Balaban J connectivity index is 0.845. The Morgan fingerprint density at radius 2 is 1.63 bits per heavy atom. The van der Waals surface area contributed by atoms with Crippen LogP contribution in [0.5, 0.6) is 5.75 Å². The predicted molar refractivity (Wildman–Crippen MR) is 235 cm³/mol. The van der Waals surface area contributed by atoms with E-state index in [2.05, 4.69) is 25.8 Å². The van der Waals surface area contributed by atoms with Crippen LogP contribution in [0.2, 0.25) is 0 Å². The number of unbranched alkanes of at least 4 members (excludes halogenated alkanes) is 1. The molecule has 1 saturated heterocycles. The van der Waals surface area contributed by atoms with Crippen molar-refractivity contribution in [2.75, 3.05) is 50.4 Å². The van der Waals surface area contributed by atoms with Gasteiger partial charge in [0.15, 0.2) is 0 Å². The minimum absolute atomic E-state index is 0.0560. The molecule has 13 nitrogen and oxygen atoms in total. The van der Waals surface area contributed by atoms with Crippen molar-refractivity contribution in [3.63, 3.8) is 0 Å². The number of H-pyrrole nitrogens is 1. The molecule has 1 fully saturated rings. The number of aliphatic hydroxyl groups excluding tert-OH is 1. The number of ether oxygens (including phenoxy) is 1. The van der Waals surface area contributed by atoms with Crippen molar-refractivity contribution in [1.82, 2.24) is 20.1 Å². The van der Waals surface area contributed by atoms with E-state index in [4.69, 9.17) is 4.74 Å². The van der Waals surface area contributed by atoms with Crippen LogP contribution in [-0.2, 0) is 20.9 Å². The number of aryl methyl sites for hydroxylation is 2. The highest BCUT2D eigenvalue weighted by Crippen LogP contribution is 2.30. The number of phenolic OH excluding ortho intramolecular Hbond substituents is 1. The molecule has 60 heavy (non-hydrogen) atoms. The number of benzene rings is 4. The van der Waals surface area contributed by atoms with Gasteiger partial charge in [-0.05, 0) is 91.6 Å². The number of aromatic nitrogens is 1. The quantitative estimate of drug-likeness (QED) is 0.0539. The molecule has 0 radical (unpaired) electrons. The molecule has 6 N–H and O–H groups in total. The van der Waals surface area contributed by atoms with Crippen LogP contribution in [0, 0.1) is 13.8 Å². The highest BCUT2D eigenvalue weighted by atomic mass is 16.6. The number of anilines is 2. The zero-order valence-corrected chi connectivity index (χ0v) is 34.6. The summed E-state index contributed by atoms with van der Waals surface area (Å²) in [6.45, 7) is 7.38. The summed E-state index contributed by atoms with van der Waals surface area (Å²) in [7, 11) is 1.80. The number of aliphatic hydroxyl groups is 1. The van der Waals surface area contributed by atoms with Gasteiger partial charge in [0.25, 0.3) is 0 Å². The summed E-state index contributed by atoms with van der Waals surface area (Å²) in [4.78, 5) is 56.9. The van der Waals surface area contributed by atoms with Gasteiger partial charge in [0.2, 0.25) is 17.4 Å². The van der Waals surface area contributed by atoms with Crippen molar-refractivity contribution in [2.24, 2.45) is 0 Å². The molecule has 2 heterocycles. The third kappa shape index (κ3) is 11.8. The lowest BCUT2D eigenvalue weighted by molar-refractivity contribution is -0.130. The van der Waals surface area contributed by atoms with Gasteiger partial charge in [-0.25, -0.2) is 4.79 Å². The maximum Gasteiger partial charge on any atom is 0.411 e. The number of amides is 3. The number of nitrogens with zero attached hydrogens (tertiary/aromatic N) is 2. The Hall–Kier alpha value is -6.02. The van der Waals surface area contributed by atoms with Gasteiger partial charge in [-0.3, -0.25) is 19.7 Å². The van der Waals surface area contributed by atoms with Crippen LogP contribution >= 0.6 is 0 Å². The third-order valence-corrected chi connectivity index (χ3v) is 11.1. The van der Waals surface area contributed by atoms with E-state index in [1.165, 1.54) is 12.1 Å². The molecule has 3 amide bonds. The molecular weight excluding hydrogens is 761 g/mol. The SMILES string of the molecule is Cc1cc(NC(=O)CCCCN(C)C(=O)CCN2CCC(OC(=O)Nc3ccccc3-c3ccccc3)CC2)c(C)cc1CNC[C@H](O)c1ccc(O)c2[nH]c(=O)ccc12. The maximum atomic E-state index is 12.9. The molecule has 0 spiro atoms. The van der Waals surface area contributed by atoms with Crippen molar-refractivity contribution < 1.29 is 29.3 Å². The average molecular weight is 817 g/mol. The van der Waals surface area contributed by atoms with E-state index in [0.717, 1.165) is 46.6 Å². The van der Waals surface area contributed by atoms with Crippen molar-refractivity contribution in [1.29, 1.82) is 0 Å². The van der Waals surface area contributed by atoms with Crippen molar-refractivity contribution in [2.45, 2.75) is 71.1 Å². The number of hydrogen-bond acceptors (Lipinski definition) is 9. The minimum Gasteiger partial charge on any atom is -0.506 e. The van der Waals surface area contributed by atoms with E-state index in [9.17, 15) is 29.4 Å². The molecule has 0 unspecified atom stereocenters. The van der Waals surface area contributed by atoms with Crippen LogP contribution < -0.4 is 21.5 Å². The van der Waals surface area contributed by atoms with Gasteiger partial charge in [-0.1, -0.05) is 60.7 Å². The van der Waals surface area contributed by atoms with Gasteiger partial charge in [-0.2, -0.15) is 0 Å². The largest absolute Gasteiger partial charge is 0.506 e. The van der Waals surface area contributed by atoms with E-state index in [1.54, 1.807) is 24.1 Å². The van der Waals surface area contributed by atoms with E-state index in [1.807, 2.05) is 80.6 Å². The Morgan fingerprint density at radius 1 is 0.883 bits per heavy atom. The Morgan fingerprint density at radius 3 is 2.42 bits per heavy atom. The number of likely N-dealkylation sites (tertiary alicyclic amines) is 1. The zero-order valence-electron chi connectivity index (χ0n) is 34.6. The normalized spacial score (nSPS) is 13.8. The van der Waals surface area contributed by atoms with Gasteiger partial charge in [0.05, 0.1) is 17.3 Å². The standard InChI is InChI=1S/C47H56N6O7/c1-31-28-40(32(2)27-34(31)29-48-30-42(55)37-16-18-41(54)46-38(37)17-19-44(57)51-46)49-43(56)15-9-10-23-52(3)45(58)22-26-53-24-20-35(21-25-53)60-47(59)50-39-14-8-7-13-36(39)33-11-5-4-6-12-33/h4-8,11-14,16-19,27-28,35,42,48,54-55H,9-10,15,20-26,29-30H2,1-3H3,(H,49,56)(H,50,59)(H,51,57)/t42-/m0/s1. The molecule has 5 aromatic rings. The second-order valence-electron chi connectivity index (χ2n) is 15.6. The first-order valence-electron chi connectivity index (χ1n) is 20.7. The van der Waals surface area contributed by atoms with Gasteiger partial charge >= 0.3 is 6.09 Å². The maximum absolute atomic E-state index is 12.9. The first kappa shape index (κ1) is 43.6. The number of pyridine rings is 1. The van der Waals surface area contributed by atoms with Crippen molar-refractivity contribution in [3.8, 4) is 16.9 Å². The molecule has 0 saturated carbocycles. The zero-order chi connectivity index (χ0) is 42.6. The number of aromatic hydroxyl groups is 1. The van der Waals surface area contributed by atoms with Crippen LogP contribution in [0.4, 0.5) is 16.2 Å². The molecule has 1 aromatic heterocycles. The molecule has 6 rings (SSSR count). The second kappa shape index (κ2) is 20.8. The van der Waals surface area contributed by atoms with E-state index < -0.39 is 12.2 Å². The summed E-state index contributed by atoms with van der Waals surface area (Å²) in [5.74, 6) is -0.0693. The second-order valence-corrected chi connectivity index (χ2v) is 15.6. The summed E-state index contributed by atoms with van der Waals surface area (Å²) >= 11 is 0. The van der Waals surface area contributed by atoms with Crippen LogP contribution in [0.3, 0.4) is 0 Å². The first-order valence-corrected chi connectivity index (χ1v) is 20.7. The summed E-state index contributed by atoms with van der Waals surface area (Å²) in [5.41, 5.74) is 6.90. The highest BCUT2D eigenvalue weighted by molar-refractivity contribution is 5.92. The van der Waals surface area contributed by atoms with E-state index >= 15 is 0 Å². The Kier molecular flexibility index (Phi) is 15.1. The predicted octanol–water partition coefficient (Wildman–Crippen LogP) is 7.01. The third-order valence-electron chi connectivity index (χ3n) is 11.1. The molecule has 0 bridgehead atoms. The molecule has 0 aliphatic carbocycles. The van der Waals surface area contributed by atoms with Crippen LogP contribution in [0.25, 0.3) is 22.0 Å². The van der Waals surface area contributed by atoms with E-state index in [0.29, 0.717) is 80.3 Å². The number of aromatic amines is 1. The van der Waals surface area contributed by atoms with Crippen molar-refractivity contribution in [3.05, 3.63) is 124 Å². The molecule has 1 aliphatic heterocycles. The summed E-state index contributed by atoms with van der Waals surface area (Å²) in [6, 6.07) is 27.6. The summed E-state index contributed by atoms with van der Waals surface area (Å²) in [6.07, 6.45) is 2.01. The smallest absolute Gasteiger partial charge is 0.411 e. The Bertz CT molecular complexity index is 2320. The average Bonchev–Trinajstić information content (AvgIpc) is 3.24. The van der Waals surface area contributed by atoms with E-state index in [-0.39, 0.29) is 35.8 Å². The molecular formula is C47H56N6O7. The number of fused-ring (bicyclic) bond motifs is 1. The summed E-state index contributed by atoms with van der Waals surface area (Å²) in [5, 5.41) is 30.9. The fourth-order valence-electron chi connectivity index (χ4n) is 7.62. The lowest BCUT2D eigenvalue weighted by Crippen LogP contribution is -2.40. The number of phenols is 1. The Labute approximate surface area is 350 Å². The van der Waals surface area contributed by atoms with Gasteiger partial charge in [0.1, 0.15) is 11.9 Å². The van der Waals surface area contributed by atoms with Gasteiger partial charge in [0, 0.05) is 81.9 Å². The molecule has 1 aliphatic rings. The minimum atomic E-state index is -0.870. The first-order chi connectivity index (χ1) is 28.9. The number of hydrogen-bond donors (Lipinski definition) is 6. The molecule has 316 valence electrons. The number of rotatable bonds is 17.